The third-order valence-corrected chi connectivity index (χ3v) is 4.02. The largest absolute Gasteiger partial charge is 0.497 e. The van der Waals surface area contributed by atoms with Gasteiger partial charge in [0, 0.05) is 23.9 Å². The molecule has 0 saturated heterocycles. The maximum atomic E-state index is 13.8. The second kappa shape index (κ2) is 5.87. The Kier molecular flexibility index (Phi) is 3.90. The number of carbonyl (C=O) groups is 1. The van der Waals surface area contributed by atoms with Gasteiger partial charge in [-0.1, -0.05) is 0 Å². The molecule has 2 aromatic rings. The molecular weight excluding hydrogens is 301 g/mol. The van der Waals surface area contributed by atoms with Gasteiger partial charge in [-0.05, 0) is 36.6 Å². The van der Waals surface area contributed by atoms with Crippen LogP contribution in [0.25, 0.3) is 11.1 Å². The monoisotopic (exact) mass is 317 g/mol. The van der Waals surface area contributed by atoms with Gasteiger partial charge in [-0.2, -0.15) is 0 Å². The summed E-state index contributed by atoms with van der Waals surface area (Å²) in [6, 6.07) is 5.54. The standard InChI is InChI=1S/C17H16FNO4/c1-22-12-7-10(6-11(18)8-12)13-9-14(17(21)23-2)15-4-3-5-19(15)16(13)20/h6-9H,3-5H2,1-2H3. The summed E-state index contributed by atoms with van der Waals surface area (Å²) >= 11 is 0. The Balaban J connectivity index is 2.26. The van der Waals surface area contributed by atoms with E-state index in [4.69, 9.17) is 9.47 Å². The van der Waals surface area contributed by atoms with Crippen molar-refractivity contribution in [2.75, 3.05) is 14.2 Å². The van der Waals surface area contributed by atoms with Crippen molar-refractivity contribution in [1.29, 1.82) is 0 Å². The van der Waals surface area contributed by atoms with Crippen molar-refractivity contribution in [3.05, 3.63) is 51.7 Å². The van der Waals surface area contributed by atoms with Gasteiger partial charge in [-0.25, -0.2) is 9.18 Å². The molecular formula is C17H16FNO4. The normalized spacial score (nSPS) is 12.8. The summed E-state index contributed by atoms with van der Waals surface area (Å²) in [6.45, 7) is 0.540. The minimum absolute atomic E-state index is 0.238. The molecule has 2 heterocycles. The molecule has 1 aliphatic rings. The number of pyridine rings is 1. The number of esters is 1. The number of carbonyl (C=O) groups excluding carboxylic acids is 1. The molecule has 0 spiro atoms. The van der Waals surface area contributed by atoms with Crippen LogP contribution in [0.3, 0.4) is 0 Å². The van der Waals surface area contributed by atoms with E-state index in [1.807, 2.05) is 0 Å². The highest BCUT2D eigenvalue weighted by atomic mass is 19.1. The van der Waals surface area contributed by atoms with E-state index in [0.717, 1.165) is 6.42 Å². The average molecular weight is 317 g/mol. The third kappa shape index (κ3) is 2.60. The van der Waals surface area contributed by atoms with Crippen molar-refractivity contribution in [1.82, 2.24) is 4.57 Å². The van der Waals surface area contributed by atoms with Crippen molar-refractivity contribution in [2.45, 2.75) is 19.4 Å². The quantitative estimate of drug-likeness (QED) is 0.816. The SMILES string of the molecule is COC(=O)c1cc(-c2cc(F)cc(OC)c2)c(=O)n2c1CCC2. The summed E-state index contributed by atoms with van der Waals surface area (Å²) in [4.78, 5) is 24.7. The number of hydrogen-bond acceptors (Lipinski definition) is 4. The molecule has 3 rings (SSSR count). The molecule has 120 valence electrons. The molecule has 0 aliphatic carbocycles. The lowest BCUT2D eigenvalue weighted by atomic mass is 10.0. The predicted octanol–water partition coefficient (Wildman–Crippen LogP) is 2.40. The zero-order valence-corrected chi connectivity index (χ0v) is 12.9. The van der Waals surface area contributed by atoms with Crippen LogP contribution < -0.4 is 10.3 Å². The Hall–Kier alpha value is -2.63. The first kappa shape index (κ1) is 15.3. The van der Waals surface area contributed by atoms with Gasteiger partial charge >= 0.3 is 5.97 Å². The van der Waals surface area contributed by atoms with Crippen molar-refractivity contribution in [3.63, 3.8) is 0 Å². The molecule has 0 saturated carbocycles. The Morgan fingerprint density at radius 3 is 2.70 bits per heavy atom. The molecule has 1 aromatic carbocycles. The van der Waals surface area contributed by atoms with Crippen molar-refractivity contribution >= 4 is 5.97 Å². The van der Waals surface area contributed by atoms with E-state index in [0.29, 0.717) is 35.5 Å². The number of halogens is 1. The molecule has 5 nitrogen and oxygen atoms in total. The van der Waals surface area contributed by atoms with Crippen LogP contribution in [0.4, 0.5) is 4.39 Å². The average Bonchev–Trinajstić information content (AvgIpc) is 3.04. The molecule has 23 heavy (non-hydrogen) atoms. The molecule has 0 fully saturated rings. The van der Waals surface area contributed by atoms with E-state index in [2.05, 4.69) is 0 Å². The summed E-state index contributed by atoms with van der Waals surface area (Å²) in [5.41, 5.74) is 1.42. The second-order valence-corrected chi connectivity index (χ2v) is 5.35. The highest BCUT2D eigenvalue weighted by Gasteiger charge is 2.24. The lowest BCUT2D eigenvalue weighted by Gasteiger charge is -2.12. The van der Waals surface area contributed by atoms with Crippen LogP contribution in [0.1, 0.15) is 22.5 Å². The zero-order chi connectivity index (χ0) is 16.6. The summed E-state index contributed by atoms with van der Waals surface area (Å²) < 4.78 is 25.2. The highest BCUT2D eigenvalue weighted by molar-refractivity contribution is 5.92. The molecule has 6 heteroatoms. The number of ether oxygens (including phenoxy) is 2. The van der Waals surface area contributed by atoms with Crippen molar-refractivity contribution in [2.24, 2.45) is 0 Å². The molecule has 0 radical (unpaired) electrons. The van der Waals surface area contributed by atoms with E-state index >= 15 is 0 Å². The first-order valence-corrected chi connectivity index (χ1v) is 7.25. The van der Waals surface area contributed by atoms with Crippen LogP contribution >= 0.6 is 0 Å². The minimum Gasteiger partial charge on any atom is -0.497 e. The van der Waals surface area contributed by atoms with Gasteiger partial charge in [0.15, 0.2) is 0 Å². The zero-order valence-electron chi connectivity index (χ0n) is 12.9. The highest BCUT2D eigenvalue weighted by Crippen LogP contribution is 2.27. The summed E-state index contributed by atoms with van der Waals surface area (Å²) in [5.74, 6) is -0.700. The molecule has 0 unspecified atom stereocenters. The van der Waals surface area contributed by atoms with Crippen LogP contribution in [0.2, 0.25) is 0 Å². The Bertz CT molecular complexity index is 841. The lowest BCUT2D eigenvalue weighted by molar-refractivity contribution is 0.0598. The minimum atomic E-state index is -0.510. The van der Waals surface area contributed by atoms with E-state index in [1.165, 1.54) is 32.4 Å². The number of methoxy groups -OCH3 is 2. The third-order valence-electron chi connectivity index (χ3n) is 4.02. The van der Waals surface area contributed by atoms with Crippen LogP contribution in [0.15, 0.2) is 29.1 Å². The molecule has 0 N–H and O–H groups in total. The second-order valence-electron chi connectivity index (χ2n) is 5.35. The molecule has 1 aliphatic heterocycles. The predicted molar refractivity (Wildman–Crippen MR) is 82.3 cm³/mol. The summed E-state index contributed by atoms with van der Waals surface area (Å²) in [7, 11) is 2.72. The van der Waals surface area contributed by atoms with Crippen molar-refractivity contribution in [3.8, 4) is 16.9 Å². The number of nitrogens with zero attached hydrogens (tertiary/aromatic N) is 1. The number of benzene rings is 1. The summed E-state index contributed by atoms with van der Waals surface area (Å²) in [5, 5.41) is 0. The first-order valence-electron chi connectivity index (χ1n) is 7.25. The van der Waals surface area contributed by atoms with E-state index in [9.17, 15) is 14.0 Å². The Morgan fingerprint density at radius 1 is 1.22 bits per heavy atom. The fraction of sp³-hybridized carbons (Fsp3) is 0.294. The van der Waals surface area contributed by atoms with E-state index in [-0.39, 0.29) is 11.1 Å². The van der Waals surface area contributed by atoms with Gasteiger partial charge in [0.2, 0.25) is 0 Å². The molecule has 0 atom stereocenters. The lowest BCUT2D eigenvalue weighted by Crippen LogP contribution is -2.24. The maximum Gasteiger partial charge on any atom is 0.339 e. The van der Waals surface area contributed by atoms with E-state index in [1.54, 1.807) is 10.6 Å². The first-order chi connectivity index (χ1) is 11.0. The molecule has 1 aromatic heterocycles. The van der Waals surface area contributed by atoms with Gasteiger partial charge in [0.05, 0.1) is 19.8 Å². The van der Waals surface area contributed by atoms with Gasteiger partial charge in [-0.15, -0.1) is 0 Å². The van der Waals surface area contributed by atoms with E-state index < -0.39 is 11.8 Å². The Morgan fingerprint density at radius 2 is 2.00 bits per heavy atom. The fourth-order valence-corrected chi connectivity index (χ4v) is 2.94. The summed E-state index contributed by atoms with van der Waals surface area (Å²) in [6.07, 6.45) is 1.43. The van der Waals surface area contributed by atoms with Crippen molar-refractivity contribution < 1.29 is 18.7 Å². The number of rotatable bonds is 3. The number of aromatic nitrogens is 1. The van der Waals surface area contributed by atoms with Crippen LogP contribution in [-0.2, 0) is 17.7 Å². The van der Waals surface area contributed by atoms with Crippen LogP contribution in [0.5, 0.6) is 5.75 Å². The van der Waals surface area contributed by atoms with Gasteiger partial charge in [0.25, 0.3) is 5.56 Å². The van der Waals surface area contributed by atoms with Gasteiger partial charge < -0.3 is 14.0 Å². The number of fused-ring (bicyclic) bond motifs is 1. The van der Waals surface area contributed by atoms with Gasteiger partial charge in [-0.3, -0.25) is 4.79 Å². The smallest absolute Gasteiger partial charge is 0.339 e. The van der Waals surface area contributed by atoms with Gasteiger partial charge in [0.1, 0.15) is 11.6 Å². The number of hydrogen-bond donors (Lipinski definition) is 0. The Labute approximate surface area is 132 Å². The fourth-order valence-electron chi connectivity index (χ4n) is 2.94. The van der Waals surface area contributed by atoms with Crippen LogP contribution in [-0.4, -0.2) is 24.8 Å². The molecule has 0 amide bonds. The van der Waals surface area contributed by atoms with Crippen LogP contribution in [0, 0.1) is 5.82 Å². The topological polar surface area (TPSA) is 57.5 Å². The maximum absolute atomic E-state index is 13.8. The molecule has 0 bridgehead atoms.